The third kappa shape index (κ3) is 4.10. The van der Waals surface area contributed by atoms with E-state index in [0.717, 1.165) is 5.56 Å². The van der Waals surface area contributed by atoms with Crippen LogP contribution in [0.3, 0.4) is 0 Å². The summed E-state index contributed by atoms with van der Waals surface area (Å²) in [5.41, 5.74) is 3.52. The first-order chi connectivity index (χ1) is 15.4. The van der Waals surface area contributed by atoms with Crippen LogP contribution in [0.4, 0.5) is 0 Å². The number of allylic oxidation sites excluding steroid dienone is 10. The molecule has 0 N–H and O–H groups in total. The van der Waals surface area contributed by atoms with Gasteiger partial charge in [-0.2, -0.15) is 16.8 Å². The molecule has 2 aliphatic rings. The van der Waals surface area contributed by atoms with Gasteiger partial charge < -0.3 is 0 Å². The van der Waals surface area contributed by atoms with Gasteiger partial charge in [-0.25, -0.2) is 0 Å². The monoisotopic (exact) mass is 500 g/mol. The summed E-state index contributed by atoms with van der Waals surface area (Å²) in [6.45, 7) is 0. The van der Waals surface area contributed by atoms with E-state index >= 15 is 0 Å². The van der Waals surface area contributed by atoms with Crippen LogP contribution in [0, 0.1) is 0 Å². The van der Waals surface area contributed by atoms with E-state index in [2.05, 4.69) is 0 Å². The summed E-state index contributed by atoms with van der Waals surface area (Å²) < 4.78 is 47.2. The van der Waals surface area contributed by atoms with Crippen molar-refractivity contribution in [3.63, 3.8) is 0 Å². The number of halogens is 2. The fourth-order valence-electron chi connectivity index (χ4n) is 3.60. The molecule has 0 spiro atoms. The molecule has 2 aliphatic carbocycles. The molecule has 4 nitrogen and oxygen atoms in total. The number of hydrogen-bond donors (Lipinski definition) is 0. The van der Waals surface area contributed by atoms with Gasteiger partial charge in [0.25, 0.3) is 0 Å². The van der Waals surface area contributed by atoms with Gasteiger partial charge in [-0.3, -0.25) is 0 Å². The minimum Gasteiger partial charge on any atom is -0.184 e. The van der Waals surface area contributed by atoms with E-state index in [1.807, 2.05) is 48.5 Å². The molecule has 0 radical (unpaired) electrons. The zero-order valence-electron chi connectivity index (χ0n) is 16.3. The number of hydrogen-bond acceptors (Lipinski definition) is 4. The molecular weight excluding hydrogens is 487 g/mol. The van der Waals surface area contributed by atoms with E-state index in [4.69, 9.17) is 23.2 Å². The quantitative estimate of drug-likeness (QED) is 0.554. The summed E-state index contributed by atoms with van der Waals surface area (Å²) in [5.74, 6) is 0. The topological polar surface area (TPSA) is 68.3 Å². The van der Waals surface area contributed by atoms with Crippen molar-refractivity contribution in [1.29, 1.82) is 0 Å². The SMILES string of the molecule is O=S(=O)=C1C=CC(=C2C(Cl)=C(Cl)C(=S(=O)=O)C(c3ccccc3)=C2c2ccccc2)C=C1. The highest BCUT2D eigenvalue weighted by atomic mass is 35.5. The average molecular weight is 501 g/mol. The smallest absolute Gasteiger partial charge is 0.184 e. The molecular formula is C24H14Cl2O4S2. The van der Waals surface area contributed by atoms with Gasteiger partial charge in [-0.05, 0) is 28.9 Å². The standard InChI is InChI=1S/C24H14Cl2O4S2/c25-22-20(17-11-13-18(14-12-17)31(27)28)19(15-7-3-1-4-8-15)21(16-9-5-2-6-10-16)24(23(22)26)32(29)30/h1-14H. The Morgan fingerprint density at radius 3 is 1.50 bits per heavy atom. The van der Waals surface area contributed by atoms with Gasteiger partial charge >= 0.3 is 0 Å². The lowest BCUT2D eigenvalue weighted by atomic mass is 9.81. The Morgan fingerprint density at radius 1 is 0.531 bits per heavy atom. The highest BCUT2D eigenvalue weighted by Crippen LogP contribution is 2.47. The molecule has 8 heteroatoms. The maximum atomic E-state index is 12.3. The predicted molar refractivity (Wildman–Crippen MR) is 132 cm³/mol. The van der Waals surface area contributed by atoms with Crippen LogP contribution < -0.4 is 0 Å². The molecule has 160 valence electrons. The van der Waals surface area contributed by atoms with Crippen LogP contribution in [0.1, 0.15) is 11.1 Å². The maximum Gasteiger partial charge on any atom is 0.223 e. The van der Waals surface area contributed by atoms with E-state index in [1.165, 1.54) is 12.2 Å². The lowest BCUT2D eigenvalue weighted by Crippen LogP contribution is -2.16. The highest BCUT2D eigenvalue weighted by Gasteiger charge is 2.33. The van der Waals surface area contributed by atoms with Crippen LogP contribution in [-0.4, -0.2) is 26.6 Å². The first kappa shape index (κ1) is 22.3. The summed E-state index contributed by atoms with van der Waals surface area (Å²) in [4.78, 5) is 0.0283. The Morgan fingerprint density at radius 2 is 1.03 bits per heavy atom. The molecule has 0 saturated heterocycles. The molecule has 0 aliphatic heterocycles. The van der Waals surface area contributed by atoms with Crippen LogP contribution in [0.15, 0.2) is 106 Å². The summed E-state index contributed by atoms with van der Waals surface area (Å²) in [7, 11) is -5.05. The Bertz CT molecular complexity index is 1520. The minimum absolute atomic E-state index is 0.0698. The zero-order chi connectivity index (χ0) is 22.8. The summed E-state index contributed by atoms with van der Waals surface area (Å²) in [5, 5.41) is -0.0228. The lowest BCUT2D eigenvalue weighted by Gasteiger charge is -2.26. The van der Waals surface area contributed by atoms with Gasteiger partial charge in [0, 0.05) is 16.7 Å². The molecule has 0 aromatic heterocycles. The molecule has 4 rings (SSSR count). The molecule has 0 atom stereocenters. The normalized spacial score (nSPS) is 16.2. The van der Waals surface area contributed by atoms with Gasteiger partial charge in [0.15, 0.2) is 0 Å². The van der Waals surface area contributed by atoms with Crippen LogP contribution in [0.2, 0.25) is 0 Å². The van der Waals surface area contributed by atoms with Crippen LogP contribution in [-0.2, 0) is 20.6 Å². The van der Waals surface area contributed by atoms with Gasteiger partial charge in [0.2, 0.25) is 20.6 Å². The molecule has 2 aromatic rings. The van der Waals surface area contributed by atoms with Crippen molar-refractivity contribution in [2.24, 2.45) is 0 Å². The first-order valence-corrected chi connectivity index (χ1v) is 12.3. The van der Waals surface area contributed by atoms with Crippen molar-refractivity contribution in [2.75, 3.05) is 0 Å². The van der Waals surface area contributed by atoms with Crippen LogP contribution in [0.5, 0.6) is 0 Å². The molecule has 32 heavy (non-hydrogen) atoms. The second kappa shape index (κ2) is 9.30. The Kier molecular flexibility index (Phi) is 6.48. The van der Waals surface area contributed by atoms with Gasteiger partial charge in [-0.1, -0.05) is 96.0 Å². The molecule has 0 bridgehead atoms. The van der Waals surface area contributed by atoms with E-state index in [-0.39, 0.29) is 19.8 Å². The fraction of sp³-hybridized carbons (Fsp3) is 0. The Labute approximate surface area is 198 Å². The van der Waals surface area contributed by atoms with E-state index in [1.54, 1.807) is 24.3 Å². The summed E-state index contributed by atoms with van der Waals surface area (Å²) >= 11 is 13.2. The van der Waals surface area contributed by atoms with Crippen molar-refractivity contribution < 1.29 is 16.8 Å². The Hall–Kier alpha value is -2.90. The molecule has 0 heterocycles. The first-order valence-electron chi connectivity index (χ1n) is 9.35. The van der Waals surface area contributed by atoms with Gasteiger partial charge in [-0.15, -0.1) is 0 Å². The largest absolute Gasteiger partial charge is 0.223 e. The second-order valence-electron chi connectivity index (χ2n) is 6.81. The van der Waals surface area contributed by atoms with Crippen molar-refractivity contribution in [3.8, 4) is 0 Å². The number of benzene rings is 2. The van der Waals surface area contributed by atoms with E-state index in [0.29, 0.717) is 27.9 Å². The fourth-order valence-corrected chi connectivity index (χ4v) is 5.33. The summed E-state index contributed by atoms with van der Waals surface area (Å²) in [6, 6.07) is 18.3. The molecule has 0 fully saturated rings. The van der Waals surface area contributed by atoms with Gasteiger partial charge in [0.05, 0.1) is 14.9 Å². The third-order valence-corrected chi connectivity index (χ3v) is 7.33. The average Bonchev–Trinajstić information content (AvgIpc) is 2.81. The van der Waals surface area contributed by atoms with E-state index < -0.39 is 20.6 Å². The van der Waals surface area contributed by atoms with Crippen molar-refractivity contribution in [2.45, 2.75) is 0 Å². The summed E-state index contributed by atoms with van der Waals surface area (Å²) in [6.07, 6.45) is 6.16. The Balaban J connectivity index is 2.19. The number of rotatable bonds is 2. The van der Waals surface area contributed by atoms with Crippen LogP contribution in [0.25, 0.3) is 11.1 Å². The van der Waals surface area contributed by atoms with Crippen molar-refractivity contribution in [3.05, 3.63) is 117 Å². The van der Waals surface area contributed by atoms with Crippen LogP contribution >= 0.6 is 23.2 Å². The lowest BCUT2D eigenvalue weighted by molar-refractivity contribution is 0.625. The second-order valence-corrected chi connectivity index (χ2v) is 9.38. The predicted octanol–water partition coefficient (Wildman–Crippen LogP) is 4.83. The highest BCUT2D eigenvalue weighted by molar-refractivity contribution is 7.75. The van der Waals surface area contributed by atoms with E-state index in [9.17, 15) is 16.8 Å². The minimum atomic E-state index is -2.67. The molecule has 0 amide bonds. The molecule has 0 unspecified atom stereocenters. The molecule has 0 saturated carbocycles. The maximum absolute atomic E-state index is 12.3. The molecule has 2 aromatic carbocycles. The third-order valence-electron chi connectivity index (χ3n) is 4.97. The zero-order valence-corrected chi connectivity index (χ0v) is 19.4. The van der Waals surface area contributed by atoms with Gasteiger partial charge in [0.1, 0.15) is 4.86 Å². The van der Waals surface area contributed by atoms with Crippen molar-refractivity contribution in [1.82, 2.24) is 0 Å². The van der Waals surface area contributed by atoms with Crippen molar-refractivity contribution >= 4 is 64.7 Å².